The fraction of sp³-hybridized carbons (Fsp3) is 0.233. The number of ketones is 1. The maximum atomic E-state index is 14.8. The summed E-state index contributed by atoms with van der Waals surface area (Å²) < 4.78 is 35.6. The van der Waals surface area contributed by atoms with E-state index in [2.05, 4.69) is 27.2 Å². The third-order valence-corrected chi connectivity index (χ3v) is 6.48. The average molecular weight is 561 g/mol. The highest BCUT2D eigenvalue weighted by Crippen LogP contribution is 2.31. The van der Waals surface area contributed by atoms with Crippen LogP contribution in [0.1, 0.15) is 42.1 Å². The van der Waals surface area contributed by atoms with Gasteiger partial charge in [0, 0.05) is 35.8 Å². The van der Waals surface area contributed by atoms with Crippen molar-refractivity contribution in [2.24, 2.45) is 0 Å². The quantitative estimate of drug-likeness (QED) is 0.0839. The summed E-state index contributed by atoms with van der Waals surface area (Å²) in [5.74, 6) is -2.88. The number of imidazole rings is 1. The van der Waals surface area contributed by atoms with Gasteiger partial charge in [-0.05, 0) is 55.2 Å². The van der Waals surface area contributed by atoms with Crippen molar-refractivity contribution in [3.05, 3.63) is 84.3 Å². The van der Waals surface area contributed by atoms with Crippen LogP contribution in [0.3, 0.4) is 0 Å². The predicted octanol–water partition coefficient (Wildman–Crippen LogP) is 5.66. The van der Waals surface area contributed by atoms with Gasteiger partial charge in [0.2, 0.25) is 17.5 Å². The number of benzene rings is 2. The molecule has 1 amide bonds. The number of Topliss-reactive ketones (excluding diaryl/α,β-unsaturated/α-hetero) is 1. The lowest BCUT2D eigenvalue weighted by Crippen LogP contribution is -2.29. The minimum atomic E-state index is -1.09. The fourth-order valence-electron chi connectivity index (χ4n) is 4.36. The normalized spacial score (nSPS) is 10.8. The lowest BCUT2D eigenvalue weighted by atomic mass is 9.97. The van der Waals surface area contributed by atoms with Gasteiger partial charge in [-0.15, -0.1) is 6.58 Å². The number of nitrogens with one attached hydrogen (secondary N) is 3. The number of unbranched alkanes of at least 4 members (excludes halogenated alkanes) is 1. The van der Waals surface area contributed by atoms with Crippen LogP contribution >= 0.6 is 0 Å². The Balaban J connectivity index is 1.54. The lowest BCUT2D eigenvalue weighted by Gasteiger charge is -2.13. The Bertz CT molecular complexity index is 1630. The van der Waals surface area contributed by atoms with Crippen molar-refractivity contribution >= 4 is 34.6 Å². The van der Waals surface area contributed by atoms with Crippen LogP contribution in [0.25, 0.3) is 16.9 Å². The van der Waals surface area contributed by atoms with Crippen molar-refractivity contribution in [1.82, 2.24) is 19.7 Å². The Morgan fingerprint density at radius 3 is 2.71 bits per heavy atom. The van der Waals surface area contributed by atoms with E-state index in [1.807, 2.05) is 6.92 Å². The summed E-state index contributed by atoms with van der Waals surface area (Å²) in [7, 11) is 1.26. The topological polar surface area (TPSA) is 121 Å². The first-order valence-corrected chi connectivity index (χ1v) is 13.0. The molecular weight excluding hydrogens is 530 g/mol. The average Bonchev–Trinajstić information content (AvgIpc) is 3.41. The first-order chi connectivity index (χ1) is 19.8. The van der Waals surface area contributed by atoms with E-state index in [9.17, 15) is 18.4 Å². The molecule has 0 unspecified atom stereocenters. The van der Waals surface area contributed by atoms with Gasteiger partial charge >= 0.3 is 0 Å². The van der Waals surface area contributed by atoms with Gasteiger partial charge in [-0.2, -0.15) is 4.39 Å². The Morgan fingerprint density at radius 2 is 1.98 bits per heavy atom. The number of amides is 1. The molecule has 4 aromatic rings. The number of anilines is 2. The molecule has 0 atom stereocenters. The minimum absolute atomic E-state index is 0.0111. The van der Waals surface area contributed by atoms with E-state index in [4.69, 9.17) is 10.1 Å². The molecule has 4 rings (SSSR count). The zero-order valence-corrected chi connectivity index (χ0v) is 22.8. The van der Waals surface area contributed by atoms with Crippen LogP contribution in [0, 0.1) is 17.0 Å². The molecule has 0 aliphatic heterocycles. The van der Waals surface area contributed by atoms with E-state index in [1.54, 1.807) is 34.9 Å². The number of halogens is 2. The molecule has 212 valence electrons. The third kappa shape index (κ3) is 6.29. The number of carbonyl (C=O) groups excluding carboxylic acids is 2. The van der Waals surface area contributed by atoms with E-state index >= 15 is 0 Å². The summed E-state index contributed by atoms with van der Waals surface area (Å²) in [4.78, 5) is 33.8. The lowest BCUT2D eigenvalue weighted by molar-refractivity contribution is -0.119. The van der Waals surface area contributed by atoms with Gasteiger partial charge < -0.3 is 20.8 Å². The number of nitrogens with zero attached hydrogens (tertiary/aromatic N) is 3. The number of methoxy groups -OCH3 is 1. The van der Waals surface area contributed by atoms with Crippen LogP contribution in [0.4, 0.5) is 20.3 Å². The molecule has 0 saturated heterocycles. The second kappa shape index (κ2) is 12.9. The van der Waals surface area contributed by atoms with Gasteiger partial charge in [-0.25, -0.2) is 14.4 Å². The smallest absolute Gasteiger partial charge is 0.226 e. The Labute approximate surface area is 235 Å². The molecule has 0 spiro atoms. The van der Waals surface area contributed by atoms with E-state index in [0.29, 0.717) is 46.9 Å². The molecule has 3 N–H and O–H groups in total. The van der Waals surface area contributed by atoms with Gasteiger partial charge in [0.25, 0.3) is 0 Å². The SMILES string of the molecule is C=CCCCNC(=O)CC(=N)C(=O)c1ccc(Nc2nccn3c(-c4ccc(OC)c(F)c4F)cnc23)cc1CC. The zero-order valence-electron chi connectivity index (χ0n) is 22.8. The number of ether oxygens (including phenoxy) is 1. The molecule has 2 aromatic heterocycles. The molecule has 2 aromatic carbocycles. The molecule has 0 fully saturated rings. The highest BCUT2D eigenvalue weighted by molar-refractivity contribution is 6.47. The second-order valence-corrected chi connectivity index (χ2v) is 9.17. The number of aryl methyl sites for hydroxylation is 1. The Morgan fingerprint density at radius 1 is 1.17 bits per heavy atom. The maximum absolute atomic E-state index is 14.8. The largest absolute Gasteiger partial charge is 0.494 e. The zero-order chi connectivity index (χ0) is 29.5. The molecule has 0 radical (unpaired) electrons. The highest BCUT2D eigenvalue weighted by atomic mass is 19.2. The molecule has 0 saturated carbocycles. The van der Waals surface area contributed by atoms with E-state index in [-0.39, 0.29) is 29.4 Å². The molecule has 0 aliphatic rings. The number of fused-ring (bicyclic) bond motifs is 1. The number of aromatic nitrogens is 3. The Kier molecular flexibility index (Phi) is 9.18. The number of rotatable bonds is 13. The van der Waals surface area contributed by atoms with Gasteiger partial charge in [0.1, 0.15) is 0 Å². The van der Waals surface area contributed by atoms with Crippen molar-refractivity contribution in [1.29, 1.82) is 5.41 Å². The van der Waals surface area contributed by atoms with Gasteiger partial charge in [-0.3, -0.25) is 14.0 Å². The predicted molar refractivity (Wildman–Crippen MR) is 153 cm³/mol. The number of hydrogen-bond acceptors (Lipinski definition) is 7. The molecule has 11 heteroatoms. The first-order valence-electron chi connectivity index (χ1n) is 13.0. The summed E-state index contributed by atoms with van der Waals surface area (Å²) in [6.07, 6.45) is 7.98. The van der Waals surface area contributed by atoms with Crippen molar-refractivity contribution in [3.63, 3.8) is 0 Å². The fourth-order valence-corrected chi connectivity index (χ4v) is 4.36. The van der Waals surface area contributed by atoms with Crippen LogP contribution in [0.5, 0.6) is 5.75 Å². The molecule has 0 bridgehead atoms. The number of hydrogen-bond donors (Lipinski definition) is 3. The van der Waals surface area contributed by atoms with Gasteiger partial charge in [0.15, 0.2) is 23.0 Å². The second-order valence-electron chi connectivity index (χ2n) is 9.17. The maximum Gasteiger partial charge on any atom is 0.226 e. The highest BCUT2D eigenvalue weighted by Gasteiger charge is 2.21. The van der Waals surface area contributed by atoms with Crippen molar-refractivity contribution in [3.8, 4) is 17.0 Å². The third-order valence-electron chi connectivity index (χ3n) is 6.48. The standard InChI is InChI=1S/C30H30F2N6O3/c1-4-6-7-12-34-25(39)16-22(33)28(40)20-9-8-19(15-18(20)5-2)37-29-30-36-17-23(38(30)14-13-35-29)21-10-11-24(41-3)27(32)26(21)31/h4,8-11,13-15,17,33H,1,5-7,12,16H2,2-3H3,(H,34,39)(H,35,37). The number of carbonyl (C=O) groups is 2. The molecular formula is C30H30F2N6O3. The summed E-state index contributed by atoms with van der Waals surface area (Å²) in [5, 5.41) is 14.1. The van der Waals surface area contributed by atoms with E-state index in [1.165, 1.54) is 31.6 Å². The summed E-state index contributed by atoms with van der Waals surface area (Å²) in [6, 6.07) is 7.80. The Hall–Kier alpha value is -4.93. The van der Waals surface area contributed by atoms with Crippen molar-refractivity contribution < 1.29 is 23.1 Å². The van der Waals surface area contributed by atoms with Crippen LogP contribution in [0.2, 0.25) is 0 Å². The van der Waals surface area contributed by atoms with Crippen LogP contribution in [-0.2, 0) is 11.2 Å². The van der Waals surface area contributed by atoms with Crippen LogP contribution in [-0.4, -0.2) is 45.4 Å². The van der Waals surface area contributed by atoms with E-state index < -0.39 is 17.4 Å². The minimum Gasteiger partial charge on any atom is -0.494 e. The number of allylic oxidation sites excluding steroid dienone is 1. The van der Waals surface area contributed by atoms with Crippen LogP contribution in [0.15, 0.2) is 61.6 Å². The monoisotopic (exact) mass is 560 g/mol. The van der Waals surface area contributed by atoms with Gasteiger partial charge in [-0.1, -0.05) is 13.0 Å². The van der Waals surface area contributed by atoms with Crippen molar-refractivity contribution in [2.75, 3.05) is 19.0 Å². The molecule has 0 aliphatic carbocycles. The molecule has 41 heavy (non-hydrogen) atoms. The summed E-state index contributed by atoms with van der Waals surface area (Å²) in [5.41, 5.74) is 2.05. The van der Waals surface area contributed by atoms with Crippen LogP contribution < -0.4 is 15.4 Å². The summed E-state index contributed by atoms with van der Waals surface area (Å²) >= 11 is 0. The molecule has 9 nitrogen and oxygen atoms in total. The van der Waals surface area contributed by atoms with Crippen molar-refractivity contribution in [2.45, 2.75) is 32.6 Å². The first kappa shape index (κ1) is 29.1. The van der Waals surface area contributed by atoms with E-state index in [0.717, 1.165) is 12.8 Å². The molecule has 2 heterocycles. The van der Waals surface area contributed by atoms with Gasteiger partial charge in [0.05, 0.1) is 31.1 Å². The summed E-state index contributed by atoms with van der Waals surface area (Å²) in [6.45, 7) is 5.97.